The molecule has 1 N–H and O–H groups in total. The van der Waals surface area contributed by atoms with Crippen molar-refractivity contribution in [3.63, 3.8) is 0 Å². The van der Waals surface area contributed by atoms with Gasteiger partial charge in [-0.1, -0.05) is 67.3 Å². The molecule has 0 aliphatic heterocycles. The second-order valence-electron chi connectivity index (χ2n) is 9.17. The lowest BCUT2D eigenvalue weighted by Crippen LogP contribution is -2.53. The fourth-order valence-electron chi connectivity index (χ4n) is 4.42. The number of hydrogen-bond acceptors (Lipinski definition) is 4. The molecule has 7 nitrogen and oxygen atoms in total. The van der Waals surface area contributed by atoms with Crippen molar-refractivity contribution in [1.29, 1.82) is 0 Å². The minimum absolute atomic E-state index is 0.117. The summed E-state index contributed by atoms with van der Waals surface area (Å²) in [5.41, 5.74) is 2.25. The van der Waals surface area contributed by atoms with Gasteiger partial charge < -0.3 is 10.2 Å². The van der Waals surface area contributed by atoms with Gasteiger partial charge in [0.15, 0.2) is 0 Å². The van der Waals surface area contributed by atoms with Gasteiger partial charge in [-0.25, -0.2) is 8.42 Å². The lowest BCUT2D eigenvalue weighted by molar-refractivity contribution is -0.140. The van der Waals surface area contributed by atoms with Crippen LogP contribution in [0.15, 0.2) is 48.5 Å². The maximum Gasteiger partial charge on any atom is 0.244 e. The van der Waals surface area contributed by atoms with Gasteiger partial charge in [0.05, 0.1) is 11.9 Å². The van der Waals surface area contributed by atoms with Crippen LogP contribution in [0.25, 0.3) is 0 Å². The molecular weight excluding hydrogens is 486 g/mol. The molecule has 2 aromatic carbocycles. The number of nitrogens with one attached hydrogen (secondary N) is 1. The Balaban J connectivity index is 1.91. The minimum Gasteiger partial charge on any atom is -0.352 e. The van der Waals surface area contributed by atoms with Crippen molar-refractivity contribution >= 4 is 39.1 Å². The van der Waals surface area contributed by atoms with Gasteiger partial charge in [0.2, 0.25) is 21.8 Å². The van der Waals surface area contributed by atoms with Crippen molar-refractivity contribution in [2.45, 2.75) is 64.6 Å². The van der Waals surface area contributed by atoms with E-state index in [1.807, 2.05) is 38.1 Å². The lowest BCUT2D eigenvalue weighted by atomic mass is 10.1. The number of carbonyl (C=O) groups excluding carboxylic acids is 2. The number of nitrogens with zero attached hydrogens (tertiary/aromatic N) is 2. The molecule has 35 heavy (non-hydrogen) atoms. The van der Waals surface area contributed by atoms with Crippen LogP contribution in [0.4, 0.5) is 5.69 Å². The Bertz CT molecular complexity index is 1130. The normalized spacial score (nSPS) is 15.0. The molecule has 0 unspecified atom stereocenters. The Hall–Kier alpha value is -2.58. The van der Waals surface area contributed by atoms with Crippen LogP contribution >= 0.6 is 11.6 Å². The van der Waals surface area contributed by atoms with Gasteiger partial charge in [-0.15, -0.1) is 0 Å². The molecule has 0 bridgehead atoms. The van der Waals surface area contributed by atoms with E-state index in [0.29, 0.717) is 17.1 Å². The first-order chi connectivity index (χ1) is 16.6. The zero-order chi connectivity index (χ0) is 25.6. The number of hydrogen-bond donors (Lipinski definition) is 1. The van der Waals surface area contributed by atoms with E-state index in [9.17, 15) is 18.0 Å². The maximum absolute atomic E-state index is 13.7. The summed E-state index contributed by atoms with van der Waals surface area (Å²) in [6.45, 7) is 3.60. The molecule has 1 aliphatic carbocycles. The topological polar surface area (TPSA) is 86.8 Å². The smallest absolute Gasteiger partial charge is 0.244 e. The summed E-state index contributed by atoms with van der Waals surface area (Å²) < 4.78 is 26.3. The molecule has 0 aromatic heterocycles. The lowest BCUT2D eigenvalue weighted by Gasteiger charge is -2.33. The third-order valence-electron chi connectivity index (χ3n) is 6.34. The molecule has 0 spiro atoms. The molecule has 1 saturated carbocycles. The number of halogens is 1. The van der Waals surface area contributed by atoms with Crippen LogP contribution in [-0.4, -0.2) is 50.0 Å². The summed E-state index contributed by atoms with van der Waals surface area (Å²) >= 11 is 6.08. The molecule has 2 amide bonds. The molecule has 1 atom stereocenters. The first kappa shape index (κ1) is 27.0. The molecule has 190 valence electrons. The number of sulfonamides is 1. The van der Waals surface area contributed by atoms with E-state index in [-0.39, 0.29) is 18.5 Å². The Morgan fingerprint density at radius 1 is 1.11 bits per heavy atom. The van der Waals surface area contributed by atoms with Crippen molar-refractivity contribution in [2.24, 2.45) is 0 Å². The molecule has 0 radical (unpaired) electrons. The summed E-state index contributed by atoms with van der Waals surface area (Å²) in [6.07, 6.45) is 5.49. The second kappa shape index (κ2) is 11.9. The summed E-state index contributed by atoms with van der Waals surface area (Å²) in [5.74, 6) is -0.655. The van der Waals surface area contributed by atoms with Gasteiger partial charge in [0.25, 0.3) is 0 Å². The van der Waals surface area contributed by atoms with E-state index in [0.717, 1.165) is 47.4 Å². The highest BCUT2D eigenvalue weighted by Crippen LogP contribution is 2.23. The van der Waals surface area contributed by atoms with E-state index < -0.39 is 28.5 Å². The highest BCUT2D eigenvalue weighted by molar-refractivity contribution is 7.92. The summed E-state index contributed by atoms with van der Waals surface area (Å²) in [4.78, 5) is 28.4. The van der Waals surface area contributed by atoms with Crippen molar-refractivity contribution in [1.82, 2.24) is 10.2 Å². The quantitative estimate of drug-likeness (QED) is 0.507. The predicted molar refractivity (Wildman–Crippen MR) is 140 cm³/mol. The number of amides is 2. The number of rotatable bonds is 10. The van der Waals surface area contributed by atoms with Gasteiger partial charge in [-0.2, -0.15) is 0 Å². The summed E-state index contributed by atoms with van der Waals surface area (Å²) in [5, 5.41) is 3.46. The van der Waals surface area contributed by atoms with Gasteiger partial charge in [0.1, 0.15) is 12.6 Å². The van der Waals surface area contributed by atoms with Crippen LogP contribution in [0.5, 0.6) is 0 Å². The molecule has 1 fully saturated rings. The standard InChI is InChI=1S/C26H34ClN3O4S/c1-4-24(26(32)28-22-9-5-6-10-22)29(17-20-14-12-19(2)13-15-20)25(31)18-30(35(3,33)34)23-11-7-8-21(27)16-23/h7-8,11-16,22,24H,4-6,9-10,17-18H2,1-3H3,(H,28,32)/t24-/m1/s1. The first-order valence-corrected chi connectivity index (χ1v) is 14.2. The first-order valence-electron chi connectivity index (χ1n) is 12.0. The molecule has 0 saturated heterocycles. The average molecular weight is 520 g/mol. The van der Waals surface area contributed by atoms with E-state index in [2.05, 4.69) is 5.32 Å². The van der Waals surface area contributed by atoms with E-state index in [1.54, 1.807) is 18.2 Å². The minimum atomic E-state index is -3.79. The van der Waals surface area contributed by atoms with E-state index in [4.69, 9.17) is 11.6 Å². The summed E-state index contributed by atoms with van der Waals surface area (Å²) in [7, 11) is -3.79. The third kappa shape index (κ3) is 7.45. The highest BCUT2D eigenvalue weighted by Gasteiger charge is 2.33. The van der Waals surface area contributed by atoms with Crippen LogP contribution < -0.4 is 9.62 Å². The molecule has 0 heterocycles. The Kier molecular flexibility index (Phi) is 9.19. The van der Waals surface area contributed by atoms with E-state index in [1.165, 1.54) is 11.0 Å². The Morgan fingerprint density at radius 3 is 2.34 bits per heavy atom. The average Bonchev–Trinajstić information content (AvgIpc) is 3.30. The van der Waals surface area contributed by atoms with Gasteiger partial charge in [-0.3, -0.25) is 13.9 Å². The van der Waals surface area contributed by atoms with Gasteiger partial charge in [-0.05, 0) is 49.9 Å². The van der Waals surface area contributed by atoms with Crippen molar-refractivity contribution in [3.8, 4) is 0 Å². The van der Waals surface area contributed by atoms with Crippen molar-refractivity contribution in [2.75, 3.05) is 17.1 Å². The number of benzene rings is 2. The number of carbonyl (C=O) groups is 2. The van der Waals surface area contributed by atoms with Crippen LogP contribution in [0.2, 0.25) is 5.02 Å². The van der Waals surface area contributed by atoms with Crippen LogP contribution in [-0.2, 0) is 26.2 Å². The number of anilines is 1. The molecule has 9 heteroatoms. The maximum atomic E-state index is 13.7. The fourth-order valence-corrected chi connectivity index (χ4v) is 5.45. The molecule has 3 rings (SSSR count). The molecule has 2 aromatic rings. The van der Waals surface area contributed by atoms with Gasteiger partial charge >= 0.3 is 0 Å². The van der Waals surface area contributed by atoms with Crippen molar-refractivity contribution in [3.05, 3.63) is 64.7 Å². The molecule has 1 aliphatic rings. The SMILES string of the molecule is CC[C@H](C(=O)NC1CCCC1)N(Cc1ccc(C)cc1)C(=O)CN(c1cccc(Cl)c1)S(C)(=O)=O. The Labute approximate surface area is 213 Å². The Morgan fingerprint density at radius 2 is 1.77 bits per heavy atom. The van der Waals surface area contributed by atoms with Crippen LogP contribution in [0.1, 0.15) is 50.2 Å². The van der Waals surface area contributed by atoms with Crippen molar-refractivity contribution < 1.29 is 18.0 Å². The van der Waals surface area contributed by atoms with Crippen LogP contribution in [0.3, 0.4) is 0 Å². The monoisotopic (exact) mass is 519 g/mol. The molecular formula is C26H34ClN3O4S. The van der Waals surface area contributed by atoms with Crippen LogP contribution in [0, 0.1) is 6.92 Å². The highest BCUT2D eigenvalue weighted by atomic mass is 35.5. The zero-order valence-electron chi connectivity index (χ0n) is 20.5. The largest absolute Gasteiger partial charge is 0.352 e. The third-order valence-corrected chi connectivity index (χ3v) is 7.71. The predicted octanol–water partition coefficient (Wildman–Crippen LogP) is 4.28. The number of aryl methyl sites for hydroxylation is 1. The van der Waals surface area contributed by atoms with Gasteiger partial charge in [0, 0.05) is 17.6 Å². The zero-order valence-corrected chi connectivity index (χ0v) is 22.1. The van der Waals surface area contributed by atoms with E-state index >= 15 is 0 Å². The summed E-state index contributed by atoms with van der Waals surface area (Å²) in [6, 6.07) is 13.5. The fraction of sp³-hybridized carbons (Fsp3) is 0.462. The second-order valence-corrected chi connectivity index (χ2v) is 11.5.